The summed E-state index contributed by atoms with van der Waals surface area (Å²) < 4.78 is 43.3. The molecule has 0 bridgehead atoms. The molecule has 2 aromatic carbocycles. The fourth-order valence-electron chi connectivity index (χ4n) is 3.98. The Kier molecular flexibility index (Phi) is 6.15. The molecule has 1 fully saturated rings. The summed E-state index contributed by atoms with van der Waals surface area (Å²) in [7, 11) is -3.35. The number of halogens is 1. The van der Waals surface area contributed by atoms with Crippen molar-refractivity contribution in [2.75, 3.05) is 43.9 Å². The van der Waals surface area contributed by atoms with Crippen molar-refractivity contribution in [1.82, 2.24) is 9.47 Å². The van der Waals surface area contributed by atoms with Gasteiger partial charge in [0.15, 0.2) is 15.4 Å². The zero-order valence-electron chi connectivity index (χ0n) is 17.5. The Morgan fingerprint density at radius 2 is 1.65 bits per heavy atom. The van der Waals surface area contributed by atoms with E-state index in [0.29, 0.717) is 17.6 Å². The minimum absolute atomic E-state index is 0.140. The lowest BCUT2D eigenvalue weighted by molar-refractivity contribution is 0.251. The summed E-state index contributed by atoms with van der Waals surface area (Å²) in [6, 6.07) is 11.2. The van der Waals surface area contributed by atoms with E-state index in [-0.39, 0.29) is 10.7 Å². The molecule has 31 heavy (non-hydrogen) atoms. The molecule has 1 aliphatic heterocycles. The van der Waals surface area contributed by atoms with Crippen LogP contribution in [0.1, 0.15) is 12.8 Å². The topological polar surface area (TPSA) is 75.8 Å². The van der Waals surface area contributed by atoms with E-state index in [4.69, 9.17) is 4.42 Å². The summed E-state index contributed by atoms with van der Waals surface area (Å²) >= 11 is 0. The van der Waals surface area contributed by atoms with Gasteiger partial charge in [-0.25, -0.2) is 17.6 Å². The van der Waals surface area contributed by atoms with Crippen LogP contribution in [0.4, 0.5) is 10.1 Å². The normalized spacial score (nSPS) is 15.6. The molecule has 9 heteroatoms. The van der Waals surface area contributed by atoms with Crippen molar-refractivity contribution in [3.8, 4) is 0 Å². The van der Waals surface area contributed by atoms with Crippen LogP contribution >= 0.6 is 0 Å². The van der Waals surface area contributed by atoms with Gasteiger partial charge in [-0.15, -0.1) is 0 Å². The summed E-state index contributed by atoms with van der Waals surface area (Å²) in [6.45, 7) is 5.17. The number of fused-ring (bicyclic) bond motifs is 1. The largest absolute Gasteiger partial charge is 0.419 e. The number of anilines is 1. The molecule has 0 unspecified atom stereocenters. The van der Waals surface area contributed by atoms with Gasteiger partial charge in [-0.05, 0) is 55.8 Å². The number of hydrogen-bond acceptors (Lipinski definition) is 6. The van der Waals surface area contributed by atoms with Gasteiger partial charge >= 0.3 is 5.76 Å². The van der Waals surface area contributed by atoms with Crippen molar-refractivity contribution < 1.29 is 17.2 Å². The molecule has 0 spiro atoms. The summed E-state index contributed by atoms with van der Waals surface area (Å²) in [5, 5.41) is 0. The molecule has 1 aliphatic rings. The number of piperazine rings is 1. The summed E-state index contributed by atoms with van der Waals surface area (Å²) in [5.74, 6) is -0.684. The molecule has 2 heterocycles. The van der Waals surface area contributed by atoms with E-state index in [2.05, 4.69) is 9.80 Å². The van der Waals surface area contributed by atoms with E-state index in [9.17, 15) is 17.6 Å². The second-order valence-electron chi connectivity index (χ2n) is 7.93. The van der Waals surface area contributed by atoms with Crippen LogP contribution in [-0.4, -0.2) is 56.9 Å². The van der Waals surface area contributed by atoms with Crippen LogP contribution < -0.4 is 10.7 Å². The van der Waals surface area contributed by atoms with Gasteiger partial charge in [-0.1, -0.05) is 0 Å². The lowest BCUT2D eigenvalue weighted by Gasteiger charge is -2.36. The predicted octanol–water partition coefficient (Wildman–Crippen LogP) is 2.74. The van der Waals surface area contributed by atoms with Gasteiger partial charge in [0.1, 0.15) is 5.82 Å². The predicted molar refractivity (Wildman–Crippen MR) is 118 cm³/mol. The highest BCUT2D eigenvalue weighted by Gasteiger charge is 2.17. The van der Waals surface area contributed by atoms with Crippen LogP contribution in [0.2, 0.25) is 0 Å². The first kappa shape index (κ1) is 21.6. The molecule has 4 rings (SSSR count). The standard InChI is InChI=1S/C22H26FN3O4S/c1-31(28,29)19-8-9-20-21(16-19)30-22(27)26(20)11-3-2-10-24-12-14-25(15-13-24)18-6-4-17(23)5-7-18/h4-9,16H,2-3,10-15H2,1H3. The fraction of sp³-hybridized carbons (Fsp3) is 0.409. The fourth-order valence-corrected chi connectivity index (χ4v) is 4.61. The van der Waals surface area contributed by atoms with Crippen LogP contribution in [0, 0.1) is 5.82 Å². The number of hydrogen-bond donors (Lipinski definition) is 0. The van der Waals surface area contributed by atoms with Gasteiger partial charge in [0.25, 0.3) is 0 Å². The average Bonchev–Trinajstić information content (AvgIpc) is 3.06. The average molecular weight is 448 g/mol. The number of nitrogens with zero attached hydrogens (tertiary/aromatic N) is 3. The Balaban J connectivity index is 1.28. The molecule has 0 atom stereocenters. The molecular weight excluding hydrogens is 421 g/mol. The van der Waals surface area contributed by atoms with Crippen molar-refractivity contribution in [3.05, 3.63) is 58.8 Å². The smallest absolute Gasteiger partial charge is 0.408 e. The summed E-state index contributed by atoms with van der Waals surface area (Å²) in [4.78, 5) is 17.0. The summed E-state index contributed by atoms with van der Waals surface area (Å²) in [6.07, 6.45) is 2.89. The van der Waals surface area contributed by atoms with Crippen molar-refractivity contribution in [3.63, 3.8) is 0 Å². The first-order valence-corrected chi connectivity index (χ1v) is 12.3. The van der Waals surface area contributed by atoms with Crippen LogP contribution in [0.3, 0.4) is 0 Å². The summed E-state index contributed by atoms with van der Waals surface area (Å²) in [5.41, 5.74) is 1.96. The van der Waals surface area contributed by atoms with Crippen LogP contribution in [-0.2, 0) is 16.4 Å². The number of rotatable bonds is 7. The van der Waals surface area contributed by atoms with Crippen molar-refractivity contribution in [2.45, 2.75) is 24.3 Å². The molecule has 0 radical (unpaired) electrons. The molecule has 1 aromatic heterocycles. The Hall–Kier alpha value is -2.65. The molecule has 166 valence electrons. The van der Waals surface area contributed by atoms with E-state index in [0.717, 1.165) is 57.5 Å². The third kappa shape index (κ3) is 4.99. The van der Waals surface area contributed by atoms with E-state index in [1.54, 1.807) is 10.6 Å². The molecule has 1 saturated heterocycles. The SMILES string of the molecule is CS(=O)(=O)c1ccc2c(c1)oc(=O)n2CCCCN1CCN(c2ccc(F)cc2)CC1. The number of benzene rings is 2. The first-order chi connectivity index (χ1) is 14.8. The van der Waals surface area contributed by atoms with E-state index < -0.39 is 15.6 Å². The van der Waals surface area contributed by atoms with Crippen LogP contribution in [0.25, 0.3) is 11.1 Å². The quantitative estimate of drug-likeness (QED) is 0.519. The third-order valence-electron chi connectivity index (χ3n) is 5.74. The van der Waals surface area contributed by atoms with E-state index >= 15 is 0 Å². The highest BCUT2D eigenvalue weighted by Crippen LogP contribution is 2.20. The Morgan fingerprint density at radius 1 is 0.968 bits per heavy atom. The Bertz CT molecular complexity index is 1210. The maximum Gasteiger partial charge on any atom is 0.419 e. The second-order valence-corrected chi connectivity index (χ2v) is 9.95. The molecule has 3 aromatic rings. The molecular formula is C22H26FN3O4S. The van der Waals surface area contributed by atoms with Crippen LogP contribution in [0.15, 0.2) is 56.6 Å². The Morgan fingerprint density at radius 3 is 2.32 bits per heavy atom. The van der Waals surface area contributed by atoms with Gasteiger partial charge in [-0.2, -0.15) is 0 Å². The number of aryl methyl sites for hydroxylation is 1. The lowest BCUT2D eigenvalue weighted by atomic mass is 10.2. The van der Waals surface area contributed by atoms with Gasteiger partial charge in [0.2, 0.25) is 0 Å². The van der Waals surface area contributed by atoms with Crippen LogP contribution in [0.5, 0.6) is 0 Å². The minimum Gasteiger partial charge on any atom is -0.408 e. The highest BCUT2D eigenvalue weighted by atomic mass is 32.2. The second kappa shape index (κ2) is 8.84. The van der Waals surface area contributed by atoms with Gasteiger partial charge in [0.05, 0.1) is 10.4 Å². The highest BCUT2D eigenvalue weighted by molar-refractivity contribution is 7.90. The molecule has 0 aliphatic carbocycles. The van der Waals surface area contributed by atoms with Gasteiger partial charge in [-0.3, -0.25) is 9.47 Å². The molecule has 0 saturated carbocycles. The van der Waals surface area contributed by atoms with Crippen molar-refractivity contribution in [1.29, 1.82) is 0 Å². The van der Waals surface area contributed by atoms with Crippen molar-refractivity contribution >= 4 is 26.6 Å². The van der Waals surface area contributed by atoms with E-state index in [1.807, 2.05) is 12.1 Å². The third-order valence-corrected chi connectivity index (χ3v) is 6.85. The van der Waals surface area contributed by atoms with Gasteiger partial charge in [0, 0.05) is 50.7 Å². The van der Waals surface area contributed by atoms with Gasteiger partial charge < -0.3 is 9.32 Å². The number of sulfone groups is 1. The Labute approximate surface area is 180 Å². The molecule has 0 amide bonds. The van der Waals surface area contributed by atoms with E-state index in [1.165, 1.54) is 24.3 Å². The molecule has 0 N–H and O–H groups in total. The first-order valence-electron chi connectivity index (χ1n) is 10.4. The maximum atomic E-state index is 13.1. The molecule has 7 nitrogen and oxygen atoms in total. The number of unbranched alkanes of at least 4 members (excludes halogenated alkanes) is 1. The lowest BCUT2D eigenvalue weighted by Crippen LogP contribution is -2.46. The van der Waals surface area contributed by atoms with Crippen molar-refractivity contribution in [2.24, 2.45) is 0 Å². The minimum atomic E-state index is -3.35. The monoisotopic (exact) mass is 447 g/mol. The number of oxazole rings is 1. The number of aromatic nitrogens is 1. The zero-order chi connectivity index (χ0) is 22.0. The maximum absolute atomic E-state index is 13.1. The zero-order valence-corrected chi connectivity index (χ0v) is 18.3.